The summed E-state index contributed by atoms with van der Waals surface area (Å²) in [5.41, 5.74) is 3.00. The molecule has 0 unspecified atom stereocenters. The lowest BCUT2D eigenvalue weighted by atomic mass is 10.0. The first-order chi connectivity index (χ1) is 15.6. The van der Waals surface area contributed by atoms with Crippen molar-refractivity contribution in [3.8, 4) is 0 Å². The van der Waals surface area contributed by atoms with Gasteiger partial charge in [0.2, 0.25) is 0 Å². The van der Waals surface area contributed by atoms with Crippen LogP contribution in [0.3, 0.4) is 0 Å². The predicted molar refractivity (Wildman–Crippen MR) is 133 cm³/mol. The Kier molecular flexibility index (Phi) is 18.5. The molecule has 0 atom stereocenters. The van der Waals surface area contributed by atoms with Crippen LogP contribution in [0.25, 0.3) is 0 Å². The Balaban J connectivity index is 0.00000466. The molecule has 6 heteroatoms. The molecule has 1 aliphatic rings. The number of ether oxygens (including phenoxy) is 2. The molecule has 0 bridgehead atoms. The van der Waals surface area contributed by atoms with Crippen molar-refractivity contribution in [3.05, 3.63) is 34.8 Å². The standard InChI is InChI=1S/C24H39FN2O3.C2H6/c1-5-8-15-27-16-9-11-21(18-26-4)23(27)19-29-17-10-12-22(25)20(6-2)13-14-24(28)30-7-3;1-2/h6,12,18H,5,7-11,13-17,19H2,1-4H3;1-2H3/b20-6-,22-12+,26-18?;. The molecule has 0 fully saturated rings. The number of unbranched alkanes of at least 4 members (excludes halogenated alkanes) is 1. The molecule has 0 N–H and O–H groups in total. The van der Waals surface area contributed by atoms with Crippen LogP contribution < -0.4 is 0 Å². The maximum atomic E-state index is 14.4. The van der Waals surface area contributed by atoms with Crippen molar-refractivity contribution in [2.24, 2.45) is 4.99 Å². The van der Waals surface area contributed by atoms with Crippen LogP contribution in [0.15, 0.2) is 39.8 Å². The molecule has 32 heavy (non-hydrogen) atoms. The first-order valence-electron chi connectivity index (χ1n) is 12.2. The molecule has 0 aromatic carbocycles. The number of nitrogens with zero attached hydrogens (tertiary/aromatic N) is 2. The van der Waals surface area contributed by atoms with E-state index in [1.54, 1.807) is 33.0 Å². The minimum atomic E-state index is -0.298. The number of aliphatic imine (C=N–C) groups is 1. The van der Waals surface area contributed by atoms with E-state index < -0.39 is 0 Å². The molecule has 0 saturated carbocycles. The molecule has 0 aromatic heterocycles. The fourth-order valence-corrected chi connectivity index (χ4v) is 3.46. The van der Waals surface area contributed by atoms with Crippen molar-refractivity contribution in [2.45, 2.75) is 79.6 Å². The summed E-state index contributed by atoms with van der Waals surface area (Å²) in [6.45, 7) is 13.2. The van der Waals surface area contributed by atoms with Crippen LogP contribution in [0.1, 0.15) is 79.6 Å². The maximum absolute atomic E-state index is 14.4. The second-order valence-corrected chi connectivity index (χ2v) is 7.32. The van der Waals surface area contributed by atoms with Crippen molar-refractivity contribution < 1.29 is 18.7 Å². The predicted octanol–water partition coefficient (Wildman–Crippen LogP) is 6.41. The highest BCUT2D eigenvalue weighted by molar-refractivity contribution is 5.79. The Morgan fingerprint density at radius 3 is 2.62 bits per heavy atom. The first-order valence-corrected chi connectivity index (χ1v) is 12.2. The van der Waals surface area contributed by atoms with E-state index >= 15 is 0 Å². The highest BCUT2D eigenvalue weighted by Crippen LogP contribution is 2.22. The van der Waals surface area contributed by atoms with Crippen molar-refractivity contribution >= 4 is 12.2 Å². The number of rotatable bonds is 14. The van der Waals surface area contributed by atoms with Gasteiger partial charge in [-0.2, -0.15) is 0 Å². The number of hydrogen-bond acceptors (Lipinski definition) is 5. The van der Waals surface area contributed by atoms with E-state index in [0.29, 0.717) is 38.2 Å². The van der Waals surface area contributed by atoms with Crippen LogP contribution in [0.5, 0.6) is 0 Å². The van der Waals surface area contributed by atoms with E-state index in [2.05, 4.69) is 16.8 Å². The number of halogens is 1. The Bertz CT molecular complexity index is 639. The molecule has 184 valence electrons. The zero-order valence-corrected chi connectivity index (χ0v) is 21.2. The van der Waals surface area contributed by atoms with Crippen LogP contribution in [0.4, 0.5) is 4.39 Å². The average molecular weight is 453 g/mol. The van der Waals surface area contributed by atoms with Crippen LogP contribution in [0, 0.1) is 0 Å². The third-order valence-corrected chi connectivity index (χ3v) is 5.08. The van der Waals surface area contributed by atoms with Crippen LogP contribution in [-0.4, -0.2) is 57.0 Å². The third-order valence-electron chi connectivity index (χ3n) is 5.08. The van der Waals surface area contributed by atoms with Gasteiger partial charge in [0, 0.05) is 38.5 Å². The largest absolute Gasteiger partial charge is 0.466 e. The normalized spacial score (nSPS) is 15.2. The van der Waals surface area contributed by atoms with Gasteiger partial charge in [-0.1, -0.05) is 33.3 Å². The second kappa shape index (κ2) is 19.7. The number of carbonyl (C=O) groups excluding carboxylic acids is 1. The quantitative estimate of drug-likeness (QED) is 0.132. The van der Waals surface area contributed by atoms with Gasteiger partial charge in [-0.25, -0.2) is 4.39 Å². The SMILES string of the molecule is C/C=C(CCC(=O)OCC)\C(F)=C/CCOCC1=C(C=NC)CCCN1CCCC.CC. The molecule has 0 aliphatic carbocycles. The second-order valence-electron chi connectivity index (χ2n) is 7.32. The van der Waals surface area contributed by atoms with Crippen LogP contribution in [-0.2, 0) is 14.3 Å². The maximum Gasteiger partial charge on any atom is 0.306 e. The zero-order chi connectivity index (χ0) is 24.2. The van der Waals surface area contributed by atoms with Gasteiger partial charge in [-0.15, -0.1) is 0 Å². The van der Waals surface area contributed by atoms with Crippen LogP contribution in [0.2, 0.25) is 0 Å². The molecule has 0 spiro atoms. The summed E-state index contributed by atoms with van der Waals surface area (Å²) in [6.07, 6.45) is 10.7. The van der Waals surface area contributed by atoms with Gasteiger partial charge in [-0.3, -0.25) is 9.79 Å². The summed E-state index contributed by atoms with van der Waals surface area (Å²) in [5.74, 6) is -0.585. The Labute approximate surface area is 195 Å². The zero-order valence-electron chi connectivity index (χ0n) is 21.2. The third kappa shape index (κ3) is 12.2. The molecule has 0 radical (unpaired) electrons. The van der Waals surface area contributed by atoms with Gasteiger partial charge in [0.25, 0.3) is 0 Å². The molecule has 1 heterocycles. The van der Waals surface area contributed by atoms with Crippen molar-refractivity contribution in [1.29, 1.82) is 0 Å². The molecule has 1 aliphatic heterocycles. The molecular weight excluding hydrogens is 407 g/mol. The Hall–Kier alpha value is -1.95. The lowest BCUT2D eigenvalue weighted by Gasteiger charge is -2.33. The molecule has 1 rings (SSSR count). The molecule has 0 aromatic rings. The fraction of sp³-hybridized carbons (Fsp3) is 0.692. The number of allylic oxidation sites excluding steroid dienone is 4. The fourth-order valence-electron chi connectivity index (χ4n) is 3.46. The number of hydrogen-bond donors (Lipinski definition) is 0. The van der Waals surface area contributed by atoms with Crippen molar-refractivity contribution in [1.82, 2.24) is 4.90 Å². The molecule has 0 amide bonds. The monoisotopic (exact) mass is 452 g/mol. The van der Waals surface area contributed by atoms with Crippen molar-refractivity contribution in [2.75, 3.05) is 40.0 Å². The van der Waals surface area contributed by atoms with E-state index in [-0.39, 0.29) is 18.2 Å². The topological polar surface area (TPSA) is 51.1 Å². The summed E-state index contributed by atoms with van der Waals surface area (Å²) < 4.78 is 25.2. The van der Waals surface area contributed by atoms with Gasteiger partial charge in [-0.05, 0) is 63.2 Å². The number of esters is 1. The van der Waals surface area contributed by atoms with E-state index in [0.717, 1.165) is 38.8 Å². The van der Waals surface area contributed by atoms with E-state index in [4.69, 9.17) is 9.47 Å². The Morgan fingerprint density at radius 1 is 1.25 bits per heavy atom. The van der Waals surface area contributed by atoms with Gasteiger partial charge in [0.15, 0.2) is 0 Å². The Morgan fingerprint density at radius 2 is 2.00 bits per heavy atom. The lowest BCUT2D eigenvalue weighted by molar-refractivity contribution is -0.143. The molecule has 0 saturated heterocycles. The van der Waals surface area contributed by atoms with Crippen molar-refractivity contribution in [3.63, 3.8) is 0 Å². The van der Waals surface area contributed by atoms with Gasteiger partial charge in [0.1, 0.15) is 5.83 Å². The van der Waals surface area contributed by atoms with E-state index in [1.807, 2.05) is 20.1 Å². The molecular formula is C26H45FN2O3. The van der Waals surface area contributed by atoms with E-state index in [1.165, 1.54) is 11.3 Å². The summed E-state index contributed by atoms with van der Waals surface area (Å²) in [6, 6.07) is 0. The van der Waals surface area contributed by atoms with E-state index in [9.17, 15) is 9.18 Å². The number of carbonyl (C=O) groups is 1. The highest BCUT2D eigenvalue weighted by Gasteiger charge is 2.18. The average Bonchev–Trinajstić information content (AvgIpc) is 2.80. The van der Waals surface area contributed by atoms with Gasteiger partial charge >= 0.3 is 5.97 Å². The molecule has 5 nitrogen and oxygen atoms in total. The van der Waals surface area contributed by atoms with Gasteiger partial charge in [0.05, 0.1) is 19.8 Å². The summed E-state index contributed by atoms with van der Waals surface area (Å²) in [7, 11) is 1.80. The smallest absolute Gasteiger partial charge is 0.306 e. The summed E-state index contributed by atoms with van der Waals surface area (Å²) in [4.78, 5) is 18.1. The summed E-state index contributed by atoms with van der Waals surface area (Å²) >= 11 is 0. The first kappa shape index (κ1) is 30.0. The lowest BCUT2D eigenvalue weighted by Crippen LogP contribution is -2.32. The summed E-state index contributed by atoms with van der Waals surface area (Å²) in [5, 5.41) is 0. The minimum absolute atomic E-state index is 0.189. The highest BCUT2D eigenvalue weighted by atomic mass is 19.1. The van der Waals surface area contributed by atoms with Crippen LogP contribution >= 0.6 is 0 Å². The minimum Gasteiger partial charge on any atom is -0.466 e. The van der Waals surface area contributed by atoms with Gasteiger partial charge < -0.3 is 14.4 Å².